The molecule has 1 aliphatic carbocycles. The second-order valence-corrected chi connectivity index (χ2v) is 8.86. The van der Waals surface area contributed by atoms with Gasteiger partial charge in [0, 0.05) is 37.3 Å². The summed E-state index contributed by atoms with van der Waals surface area (Å²) in [5.41, 5.74) is 1.75. The van der Waals surface area contributed by atoms with Crippen LogP contribution in [-0.4, -0.2) is 33.7 Å². The molecule has 1 aromatic heterocycles. The van der Waals surface area contributed by atoms with Crippen LogP contribution in [0.25, 0.3) is 0 Å². The fourth-order valence-electron chi connectivity index (χ4n) is 4.80. The Bertz CT molecular complexity index is 945. The molecule has 2 heterocycles. The Labute approximate surface area is 180 Å². The number of alkyl halides is 3. The van der Waals surface area contributed by atoms with Crippen LogP contribution < -0.4 is 5.32 Å². The lowest BCUT2D eigenvalue weighted by molar-refractivity contribution is -0.138. The van der Waals surface area contributed by atoms with Crippen LogP contribution in [0.5, 0.6) is 0 Å². The van der Waals surface area contributed by atoms with E-state index in [1.54, 1.807) is 6.07 Å². The Balaban J connectivity index is 1.28. The van der Waals surface area contributed by atoms with Crippen molar-refractivity contribution in [2.45, 2.75) is 58.9 Å². The number of hydrogen-bond acceptors (Lipinski definition) is 3. The minimum atomic E-state index is -4.42. The molecule has 1 atom stereocenters. The van der Waals surface area contributed by atoms with Gasteiger partial charge in [0.2, 0.25) is 5.91 Å². The molecule has 31 heavy (non-hydrogen) atoms. The number of aromatic nitrogens is 2. The lowest BCUT2D eigenvalue weighted by Crippen LogP contribution is -2.36. The second kappa shape index (κ2) is 8.30. The number of rotatable bonds is 6. The Kier molecular flexibility index (Phi) is 5.85. The molecule has 1 aliphatic heterocycles. The third-order valence-corrected chi connectivity index (χ3v) is 6.90. The Morgan fingerprint density at radius 2 is 1.94 bits per heavy atom. The number of piperidine rings is 1. The summed E-state index contributed by atoms with van der Waals surface area (Å²) in [5.74, 6) is -0.206. The zero-order valence-electron chi connectivity index (χ0n) is 18.0. The highest BCUT2D eigenvalue weighted by Gasteiger charge is 2.58. The molecule has 2 aliphatic rings. The number of carbonyl (C=O) groups is 1. The first-order valence-corrected chi connectivity index (χ1v) is 10.9. The molecular weight excluding hydrogens is 405 g/mol. The molecule has 8 heteroatoms. The summed E-state index contributed by atoms with van der Waals surface area (Å²) in [6.45, 7) is 7.59. The summed E-state index contributed by atoms with van der Waals surface area (Å²) in [6.07, 6.45) is 0.420. The predicted octanol–water partition coefficient (Wildman–Crippen LogP) is 4.15. The van der Waals surface area contributed by atoms with E-state index >= 15 is 0 Å². The minimum Gasteiger partial charge on any atom is -0.352 e. The van der Waals surface area contributed by atoms with Gasteiger partial charge in [-0.25, -0.2) is 0 Å². The highest BCUT2D eigenvalue weighted by molar-refractivity contribution is 5.82. The quantitative estimate of drug-likeness (QED) is 0.743. The van der Waals surface area contributed by atoms with Gasteiger partial charge in [-0.3, -0.25) is 14.4 Å². The SMILES string of the molecule is CCn1cc(CN2CCC3(CC2)CC3C(=O)NCc2ccccc2C(F)(F)F)c(C)n1. The molecular formula is C23H29F3N4O. The molecule has 1 amide bonds. The van der Waals surface area contributed by atoms with E-state index in [0.717, 1.165) is 57.2 Å². The van der Waals surface area contributed by atoms with E-state index in [1.165, 1.54) is 17.7 Å². The summed E-state index contributed by atoms with van der Waals surface area (Å²) in [4.78, 5) is 15.1. The average molecular weight is 435 g/mol. The fraction of sp³-hybridized carbons (Fsp3) is 0.565. The maximum atomic E-state index is 13.1. The molecule has 1 N–H and O–H groups in total. The summed E-state index contributed by atoms with van der Waals surface area (Å²) in [5, 5.41) is 7.25. The Morgan fingerprint density at radius 3 is 2.58 bits per heavy atom. The van der Waals surface area contributed by atoms with Crippen LogP contribution in [0, 0.1) is 18.3 Å². The van der Waals surface area contributed by atoms with E-state index in [0.29, 0.717) is 0 Å². The Hall–Kier alpha value is -2.35. The number of aryl methyl sites for hydroxylation is 2. The molecule has 1 spiro atoms. The van der Waals surface area contributed by atoms with Gasteiger partial charge in [0.1, 0.15) is 0 Å². The number of hydrogen-bond donors (Lipinski definition) is 1. The fourth-order valence-corrected chi connectivity index (χ4v) is 4.80. The number of likely N-dealkylation sites (tertiary alicyclic amines) is 1. The van der Waals surface area contributed by atoms with Crippen LogP contribution in [0.1, 0.15) is 48.6 Å². The van der Waals surface area contributed by atoms with E-state index < -0.39 is 11.7 Å². The second-order valence-electron chi connectivity index (χ2n) is 8.86. The van der Waals surface area contributed by atoms with Crippen LogP contribution >= 0.6 is 0 Å². The predicted molar refractivity (Wildman–Crippen MR) is 111 cm³/mol. The monoisotopic (exact) mass is 434 g/mol. The third kappa shape index (κ3) is 4.63. The van der Waals surface area contributed by atoms with Gasteiger partial charge >= 0.3 is 6.18 Å². The lowest BCUT2D eigenvalue weighted by Gasteiger charge is -2.32. The van der Waals surface area contributed by atoms with E-state index in [1.807, 2.05) is 11.6 Å². The van der Waals surface area contributed by atoms with Crippen LogP contribution in [0.15, 0.2) is 30.5 Å². The van der Waals surface area contributed by atoms with Crippen molar-refractivity contribution in [3.63, 3.8) is 0 Å². The summed E-state index contributed by atoms with van der Waals surface area (Å²) in [7, 11) is 0. The first-order valence-electron chi connectivity index (χ1n) is 10.9. The molecule has 1 unspecified atom stereocenters. The van der Waals surface area contributed by atoms with Crippen molar-refractivity contribution in [3.05, 3.63) is 52.8 Å². The van der Waals surface area contributed by atoms with Gasteiger partial charge in [-0.15, -0.1) is 0 Å². The van der Waals surface area contributed by atoms with Gasteiger partial charge in [-0.1, -0.05) is 18.2 Å². The maximum absolute atomic E-state index is 13.1. The molecule has 2 fully saturated rings. The van der Waals surface area contributed by atoms with Crippen LogP contribution in [-0.2, 0) is 30.6 Å². The molecule has 1 saturated heterocycles. The zero-order chi connectivity index (χ0) is 22.2. The summed E-state index contributed by atoms with van der Waals surface area (Å²) in [6, 6.07) is 5.41. The molecule has 4 rings (SSSR count). The van der Waals surface area contributed by atoms with Crippen molar-refractivity contribution in [1.29, 1.82) is 0 Å². The van der Waals surface area contributed by atoms with Gasteiger partial charge in [-0.2, -0.15) is 18.3 Å². The molecule has 168 valence electrons. The highest BCUT2D eigenvalue weighted by atomic mass is 19.4. The molecule has 1 aromatic carbocycles. The third-order valence-electron chi connectivity index (χ3n) is 6.90. The Morgan fingerprint density at radius 1 is 1.23 bits per heavy atom. The van der Waals surface area contributed by atoms with E-state index in [4.69, 9.17) is 0 Å². The van der Waals surface area contributed by atoms with Crippen molar-refractivity contribution >= 4 is 5.91 Å². The maximum Gasteiger partial charge on any atom is 0.416 e. The largest absolute Gasteiger partial charge is 0.416 e. The molecule has 2 aromatic rings. The standard InChI is InChI=1S/C23H29F3N4O/c1-3-30-15-18(16(2)28-30)14-29-10-8-22(9-11-29)12-20(22)21(31)27-13-17-6-4-5-7-19(17)23(24,25)26/h4-7,15,20H,3,8-14H2,1-2H3,(H,27,31). The van der Waals surface area contributed by atoms with Crippen molar-refractivity contribution < 1.29 is 18.0 Å². The number of amides is 1. The first kappa shape index (κ1) is 21.9. The number of benzene rings is 1. The first-order chi connectivity index (χ1) is 14.7. The van der Waals surface area contributed by atoms with Crippen molar-refractivity contribution in [2.24, 2.45) is 11.3 Å². The molecule has 5 nitrogen and oxygen atoms in total. The van der Waals surface area contributed by atoms with Crippen molar-refractivity contribution in [3.8, 4) is 0 Å². The van der Waals surface area contributed by atoms with Crippen LogP contribution in [0.3, 0.4) is 0 Å². The number of nitrogens with one attached hydrogen (secondary N) is 1. The van der Waals surface area contributed by atoms with Crippen LogP contribution in [0.2, 0.25) is 0 Å². The lowest BCUT2D eigenvalue weighted by atomic mass is 9.90. The average Bonchev–Trinajstić information content (AvgIpc) is 3.33. The molecule has 0 radical (unpaired) electrons. The molecule has 0 bridgehead atoms. The summed E-state index contributed by atoms with van der Waals surface area (Å²) < 4.78 is 41.4. The normalized spacial score (nSPS) is 20.7. The van der Waals surface area contributed by atoms with Crippen molar-refractivity contribution in [1.82, 2.24) is 20.0 Å². The van der Waals surface area contributed by atoms with Crippen LogP contribution in [0.4, 0.5) is 13.2 Å². The van der Waals surface area contributed by atoms with E-state index in [-0.39, 0.29) is 29.3 Å². The van der Waals surface area contributed by atoms with Gasteiger partial charge in [0.05, 0.1) is 11.3 Å². The van der Waals surface area contributed by atoms with E-state index in [2.05, 4.69) is 28.4 Å². The zero-order valence-corrected chi connectivity index (χ0v) is 18.0. The highest BCUT2D eigenvalue weighted by Crippen LogP contribution is 2.59. The summed E-state index contributed by atoms with van der Waals surface area (Å²) >= 11 is 0. The number of nitrogens with zero attached hydrogens (tertiary/aromatic N) is 3. The van der Waals surface area contributed by atoms with Gasteiger partial charge in [-0.05, 0) is 63.2 Å². The topological polar surface area (TPSA) is 50.2 Å². The number of halogens is 3. The minimum absolute atomic E-state index is 0.0206. The van der Waals surface area contributed by atoms with Crippen molar-refractivity contribution in [2.75, 3.05) is 13.1 Å². The van der Waals surface area contributed by atoms with E-state index in [9.17, 15) is 18.0 Å². The molecule has 1 saturated carbocycles. The van der Waals surface area contributed by atoms with Gasteiger partial charge in [0.15, 0.2) is 0 Å². The van der Waals surface area contributed by atoms with Gasteiger partial charge in [0.25, 0.3) is 0 Å². The number of carbonyl (C=O) groups excluding carboxylic acids is 1. The van der Waals surface area contributed by atoms with Gasteiger partial charge < -0.3 is 5.32 Å². The smallest absolute Gasteiger partial charge is 0.352 e.